The molecule has 1 heterocycles. The van der Waals surface area contributed by atoms with Gasteiger partial charge in [0, 0.05) is 17.1 Å². The van der Waals surface area contributed by atoms with Gasteiger partial charge in [0.15, 0.2) is 0 Å². The highest BCUT2D eigenvalue weighted by Gasteiger charge is 2.39. The number of hydrogen-bond donors (Lipinski definition) is 1. The molecular formula is C13H12F3NO. The quantitative estimate of drug-likeness (QED) is 0.892. The fraction of sp³-hybridized carbons (Fsp3) is 0.308. The van der Waals surface area contributed by atoms with Crippen molar-refractivity contribution in [3.63, 3.8) is 0 Å². The Bertz CT molecular complexity index is 563. The van der Waals surface area contributed by atoms with Crippen LogP contribution >= 0.6 is 0 Å². The standard InChI is InChI=1S/C13H12F3NO/c1-12(18,8-13(14,15)16)10-6-9-4-2-3-5-11(9)17-7-10/h2-7,18H,8H2,1H3. The summed E-state index contributed by atoms with van der Waals surface area (Å²) < 4.78 is 37.1. The lowest BCUT2D eigenvalue weighted by molar-refractivity contribution is -0.174. The van der Waals surface area contributed by atoms with Crippen molar-refractivity contribution in [1.29, 1.82) is 0 Å². The van der Waals surface area contributed by atoms with Gasteiger partial charge in [0.05, 0.1) is 17.5 Å². The molecule has 0 spiro atoms. The summed E-state index contributed by atoms with van der Waals surface area (Å²) in [5, 5.41) is 10.6. The molecule has 96 valence electrons. The Morgan fingerprint density at radius 2 is 1.89 bits per heavy atom. The van der Waals surface area contributed by atoms with Crippen molar-refractivity contribution in [2.75, 3.05) is 0 Å². The van der Waals surface area contributed by atoms with Crippen LogP contribution in [0.5, 0.6) is 0 Å². The molecule has 2 aromatic rings. The highest BCUT2D eigenvalue weighted by molar-refractivity contribution is 5.78. The summed E-state index contributed by atoms with van der Waals surface area (Å²) in [7, 11) is 0. The van der Waals surface area contributed by atoms with Crippen molar-refractivity contribution in [3.8, 4) is 0 Å². The van der Waals surface area contributed by atoms with Crippen molar-refractivity contribution >= 4 is 10.9 Å². The number of halogens is 3. The van der Waals surface area contributed by atoms with Crippen LogP contribution in [0.25, 0.3) is 10.9 Å². The van der Waals surface area contributed by atoms with E-state index in [1.54, 1.807) is 24.3 Å². The van der Waals surface area contributed by atoms with E-state index in [1.807, 2.05) is 0 Å². The van der Waals surface area contributed by atoms with E-state index in [9.17, 15) is 18.3 Å². The Hall–Kier alpha value is -1.62. The third-order valence-electron chi connectivity index (χ3n) is 2.76. The maximum atomic E-state index is 12.4. The van der Waals surface area contributed by atoms with E-state index >= 15 is 0 Å². The normalized spacial score (nSPS) is 15.6. The van der Waals surface area contributed by atoms with Crippen molar-refractivity contribution < 1.29 is 18.3 Å². The third kappa shape index (κ3) is 2.79. The maximum absolute atomic E-state index is 12.4. The smallest absolute Gasteiger partial charge is 0.385 e. The van der Waals surface area contributed by atoms with Gasteiger partial charge in [-0.1, -0.05) is 18.2 Å². The lowest BCUT2D eigenvalue weighted by Gasteiger charge is -2.25. The minimum atomic E-state index is -4.42. The molecule has 0 aliphatic carbocycles. The van der Waals surface area contributed by atoms with E-state index in [0.29, 0.717) is 10.9 Å². The number of benzene rings is 1. The number of pyridine rings is 1. The monoisotopic (exact) mass is 255 g/mol. The average molecular weight is 255 g/mol. The molecule has 2 nitrogen and oxygen atoms in total. The molecule has 0 aliphatic rings. The van der Waals surface area contributed by atoms with Gasteiger partial charge in [0.1, 0.15) is 0 Å². The number of hydrogen-bond acceptors (Lipinski definition) is 2. The van der Waals surface area contributed by atoms with Gasteiger partial charge in [-0.25, -0.2) is 0 Å². The van der Waals surface area contributed by atoms with Crippen molar-refractivity contribution in [1.82, 2.24) is 4.98 Å². The molecule has 0 aliphatic heterocycles. The summed E-state index contributed by atoms with van der Waals surface area (Å²) in [6.07, 6.45) is -4.43. The van der Waals surface area contributed by atoms with Crippen LogP contribution in [-0.4, -0.2) is 16.3 Å². The number of aliphatic hydroxyl groups is 1. The summed E-state index contributed by atoms with van der Waals surface area (Å²) in [6.45, 7) is 1.15. The molecule has 0 fully saturated rings. The number of aromatic nitrogens is 1. The van der Waals surface area contributed by atoms with Gasteiger partial charge in [-0.2, -0.15) is 13.2 Å². The second-order valence-corrected chi connectivity index (χ2v) is 4.48. The summed E-state index contributed by atoms with van der Waals surface area (Å²) in [5.74, 6) is 0. The lowest BCUT2D eigenvalue weighted by atomic mass is 9.93. The Kier molecular flexibility index (Phi) is 3.02. The van der Waals surface area contributed by atoms with Crippen LogP contribution in [0.15, 0.2) is 36.5 Å². The number of alkyl halides is 3. The topological polar surface area (TPSA) is 33.1 Å². The molecule has 0 bridgehead atoms. The van der Waals surface area contributed by atoms with E-state index in [-0.39, 0.29) is 5.56 Å². The molecule has 1 N–H and O–H groups in total. The van der Waals surface area contributed by atoms with Crippen LogP contribution in [0, 0.1) is 0 Å². The molecule has 5 heteroatoms. The van der Waals surface area contributed by atoms with Gasteiger partial charge in [-0.05, 0) is 19.1 Å². The predicted octanol–water partition coefficient (Wildman–Crippen LogP) is 3.39. The Morgan fingerprint density at radius 1 is 1.22 bits per heavy atom. The SMILES string of the molecule is CC(O)(CC(F)(F)F)c1cnc2ccccc2c1. The first-order valence-electron chi connectivity index (χ1n) is 5.42. The van der Waals surface area contributed by atoms with E-state index in [1.165, 1.54) is 12.3 Å². The molecule has 18 heavy (non-hydrogen) atoms. The van der Waals surface area contributed by atoms with E-state index in [4.69, 9.17) is 0 Å². The molecule has 0 radical (unpaired) electrons. The fourth-order valence-electron chi connectivity index (χ4n) is 1.86. The molecule has 0 saturated carbocycles. The molecular weight excluding hydrogens is 243 g/mol. The Labute approximate surface area is 102 Å². The Balaban J connectivity index is 2.41. The van der Waals surface area contributed by atoms with Crippen molar-refractivity contribution in [2.45, 2.75) is 25.1 Å². The first kappa shape index (κ1) is 12.8. The van der Waals surface area contributed by atoms with Crippen LogP contribution in [0.3, 0.4) is 0 Å². The summed E-state index contributed by atoms with van der Waals surface area (Å²) in [5.41, 5.74) is -1.11. The number of fused-ring (bicyclic) bond motifs is 1. The molecule has 0 saturated heterocycles. The summed E-state index contributed by atoms with van der Waals surface area (Å²) in [4.78, 5) is 4.05. The van der Waals surface area contributed by atoms with Crippen LogP contribution < -0.4 is 0 Å². The van der Waals surface area contributed by atoms with E-state index in [2.05, 4.69) is 4.98 Å². The van der Waals surface area contributed by atoms with E-state index < -0.39 is 18.2 Å². The zero-order valence-electron chi connectivity index (χ0n) is 9.70. The van der Waals surface area contributed by atoms with Crippen molar-refractivity contribution in [2.24, 2.45) is 0 Å². The van der Waals surface area contributed by atoms with Gasteiger partial charge < -0.3 is 5.11 Å². The maximum Gasteiger partial charge on any atom is 0.392 e. The number of para-hydroxylation sites is 1. The van der Waals surface area contributed by atoms with Crippen LogP contribution in [0.4, 0.5) is 13.2 Å². The van der Waals surface area contributed by atoms with Crippen LogP contribution in [0.1, 0.15) is 18.9 Å². The Morgan fingerprint density at radius 3 is 2.56 bits per heavy atom. The van der Waals surface area contributed by atoms with Gasteiger partial charge in [-0.3, -0.25) is 4.98 Å². The average Bonchev–Trinajstić information content (AvgIpc) is 2.25. The zero-order chi connectivity index (χ0) is 13.4. The number of rotatable bonds is 2. The second kappa shape index (κ2) is 4.24. The molecule has 0 amide bonds. The van der Waals surface area contributed by atoms with Gasteiger partial charge >= 0.3 is 6.18 Å². The second-order valence-electron chi connectivity index (χ2n) is 4.48. The number of nitrogens with zero attached hydrogens (tertiary/aromatic N) is 1. The first-order chi connectivity index (χ1) is 8.28. The zero-order valence-corrected chi connectivity index (χ0v) is 9.70. The predicted molar refractivity (Wildman–Crippen MR) is 62.0 cm³/mol. The van der Waals surface area contributed by atoms with Gasteiger partial charge in [0.2, 0.25) is 0 Å². The molecule has 1 atom stereocenters. The van der Waals surface area contributed by atoms with Crippen LogP contribution in [-0.2, 0) is 5.60 Å². The van der Waals surface area contributed by atoms with Crippen molar-refractivity contribution in [3.05, 3.63) is 42.1 Å². The summed E-state index contributed by atoms with van der Waals surface area (Å²) >= 11 is 0. The van der Waals surface area contributed by atoms with Gasteiger partial charge in [-0.15, -0.1) is 0 Å². The molecule has 1 unspecified atom stereocenters. The lowest BCUT2D eigenvalue weighted by Crippen LogP contribution is -2.29. The highest BCUT2D eigenvalue weighted by atomic mass is 19.4. The fourth-order valence-corrected chi connectivity index (χ4v) is 1.86. The largest absolute Gasteiger partial charge is 0.392 e. The summed E-state index contributed by atoms with van der Waals surface area (Å²) in [6, 6.07) is 8.61. The van der Waals surface area contributed by atoms with Gasteiger partial charge in [0.25, 0.3) is 0 Å². The minimum absolute atomic E-state index is 0.165. The molecule has 2 rings (SSSR count). The third-order valence-corrected chi connectivity index (χ3v) is 2.76. The van der Waals surface area contributed by atoms with Crippen LogP contribution in [0.2, 0.25) is 0 Å². The van der Waals surface area contributed by atoms with E-state index in [0.717, 1.165) is 6.92 Å². The molecule has 1 aromatic heterocycles. The molecule has 1 aromatic carbocycles. The first-order valence-corrected chi connectivity index (χ1v) is 5.42. The minimum Gasteiger partial charge on any atom is -0.385 e. The highest BCUT2D eigenvalue weighted by Crippen LogP contribution is 2.34.